The van der Waals surface area contributed by atoms with E-state index >= 15 is 0 Å². The van der Waals surface area contributed by atoms with E-state index in [2.05, 4.69) is 42.6 Å². The number of nitrogens with zero attached hydrogens (tertiary/aromatic N) is 7. The number of tetrazole rings is 1. The Kier molecular flexibility index (Phi) is 4.29. The van der Waals surface area contributed by atoms with Crippen LogP contribution in [-0.2, 0) is 6.54 Å². The van der Waals surface area contributed by atoms with Gasteiger partial charge in [0.2, 0.25) is 0 Å². The third-order valence-corrected chi connectivity index (χ3v) is 4.41. The number of rotatable bonds is 4. The van der Waals surface area contributed by atoms with Crippen LogP contribution in [0.5, 0.6) is 0 Å². The summed E-state index contributed by atoms with van der Waals surface area (Å²) >= 11 is 3.43. The highest BCUT2D eigenvalue weighted by Crippen LogP contribution is 2.19. The summed E-state index contributed by atoms with van der Waals surface area (Å²) < 4.78 is 4.51. The Morgan fingerprint density at radius 2 is 1.81 bits per heavy atom. The number of hydrogen-bond acceptors (Lipinski definition) is 5. The molecule has 0 amide bonds. The molecule has 0 spiro atoms. The van der Waals surface area contributed by atoms with Gasteiger partial charge < -0.3 is 0 Å². The molecule has 0 aliphatic carbocycles. The van der Waals surface area contributed by atoms with Crippen molar-refractivity contribution < 1.29 is 0 Å². The number of halogens is 1. The van der Waals surface area contributed by atoms with Gasteiger partial charge >= 0.3 is 0 Å². The molecule has 0 fully saturated rings. The number of nitriles is 1. The first kappa shape index (κ1) is 16.2. The molecule has 2 heterocycles. The van der Waals surface area contributed by atoms with Crippen molar-refractivity contribution in [1.29, 1.82) is 5.26 Å². The zero-order valence-corrected chi connectivity index (χ0v) is 15.1. The molecule has 0 aliphatic heterocycles. The van der Waals surface area contributed by atoms with Gasteiger partial charge in [0.05, 0.1) is 35.6 Å². The van der Waals surface area contributed by atoms with E-state index in [-0.39, 0.29) is 0 Å². The Labute approximate surface area is 157 Å². The normalized spacial score (nSPS) is 10.6. The lowest BCUT2D eigenvalue weighted by atomic mass is 10.1. The summed E-state index contributed by atoms with van der Waals surface area (Å²) in [5, 5.41) is 25.3. The van der Waals surface area contributed by atoms with Crippen molar-refractivity contribution in [3.05, 3.63) is 76.5 Å². The summed E-state index contributed by atoms with van der Waals surface area (Å²) in [6.07, 6.45) is 3.63. The second kappa shape index (κ2) is 6.90. The van der Waals surface area contributed by atoms with Gasteiger partial charge in [0, 0.05) is 10.7 Å². The summed E-state index contributed by atoms with van der Waals surface area (Å²) in [6, 6.07) is 17.3. The molecule has 0 saturated heterocycles. The third-order valence-electron chi connectivity index (χ3n) is 3.88. The maximum atomic E-state index is 8.89. The van der Waals surface area contributed by atoms with Crippen LogP contribution in [0, 0.1) is 11.3 Å². The van der Waals surface area contributed by atoms with Gasteiger partial charge in [-0.15, -0.1) is 5.10 Å². The molecule has 0 N–H and O–H groups in total. The van der Waals surface area contributed by atoms with Crippen molar-refractivity contribution in [3.8, 4) is 23.1 Å². The van der Waals surface area contributed by atoms with Crippen LogP contribution in [0.3, 0.4) is 0 Å². The van der Waals surface area contributed by atoms with Crippen LogP contribution in [0.25, 0.3) is 17.1 Å². The highest BCUT2D eigenvalue weighted by molar-refractivity contribution is 9.10. The Hall–Kier alpha value is -3.31. The van der Waals surface area contributed by atoms with Crippen molar-refractivity contribution in [2.75, 3.05) is 0 Å². The van der Waals surface area contributed by atoms with E-state index < -0.39 is 0 Å². The molecule has 126 valence electrons. The fourth-order valence-electron chi connectivity index (χ4n) is 2.55. The summed E-state index contributed by atoms with van der Waals surface area (Å²) in [7, 11) is 0. The Morgan fingerprint density at radius 1 is 1.04 bits per heavy atom. The molecule has 2 aromatic carbocycles. The number of hydrogen-bond donors (Lipinski definition) is 0. The zero-order valence-electron chi connectivity index (χ0n) is 13.5. The second-order valence-corrected chi connectivity index (χ2v) is 6.53. The lowest BCUT2D eigenvalue weighted by molar-refractivity contribution is 0.653. The van der Waals surface area contributed by atoms with Crippen LogP contribution < -0.4 is 0 Å². The van der Waals surface area contributed by atoms with Gasteiger partial charge in [-0.05, 0) is 52.4 Å². The summed E-state index contributed by atoms with van der Waals surface area (Å²) in [4.78, 5) is 0. The molecular weight excluding hydrogens is 394 g/mol. The number of aromatic nitrogens is 6. The Bertz CT molecular complexity index is 1070. The van der Waals surface area contributed by atoms with Crippen molar-refractivity contribution >= 4 is 15.9 Å². The van der Waals surface area contributed by atoms with Crippen molar-refractivity contribution in [1.82, 2.24) is 30.0 Å². The molecule has 0 unspecified atom stereocenters. The van der Waals surface area contributed by atoms with Gasteiger partial charge in [-0.3, -0.25) is 0 Å². The molecule has 7 nitrogen and oxygen atoms in total. The zero-order chi connectivity index (χ0) is 17.9. The lowest BCUT2D eigenvalue weighted by Gasteiger charge is -2.04. The van der Waals surface area contributed by atoms with Gasteiger partial charge in [0.15, 0.2) is 5.82 Å². The van der Waals surface area contributed by atoms with E-state index in [4.69, 9.17) is 5.26 Å². The van der Waals surface area contributed by atoms with Gasteiger partial charge in [0.1, 0.15) is 0 Å². The molecule has 2 aromatic heterocycles. The molecule has 4 aromatic rings. The second-order valence-electron chi connectivity index (χ2n) is 5.62. The fourth-order valence-corrected chi connectivity index (χ4v) is 2.81. The molecule has 0 bridgehead atoms. The monoisotopic (exact) mass is 405 g/mol. The van der Waals surface area contributed by atoms with E-state index in [1.807, 2.05) is 42.6 Å². The van der Waals surface area contributed by atoms with Crippen LogP contribution in [0.2, 0.25) is 0 Å². The van der Waals surface area contributed by atoms with Gasteiger partial charge in [-0.1, -0.05) is 28.1 Å². The summed E-state index contributed by atoms with van der Waals surface area (Å²) in [5.74, 6) is 0.637. The highest BCUT2D eigenvalue weighted by Gasteiger charge is 2.12. The van der Waals surface area contributed by atoms with Crippen molar-refractivity contribution in [2.45, 2.75) is 6.54 Å². The molecule has 0 aliphatic rings. The maximum Gasteiger partial charge on any atom is 0.185 e. The summed E-state index contributed by atoms with van der Waals surface area (Å²) in [5.41, 5.74) is 3.41. The van der Waals surface area contributed by atoms with Crippen LogP contribution in [0.15, 0.2) is 65.4 Å². The molecule has 0 saturated carbocycles. The third kappa shape index (κ3) is 3.25. The van der Waals surface area contributed by atoms with Gasteiger partial charge in [-0.25, -0.2) is 9.36 Å². The van der Waals surface area contributed by atoms with E-state index in [1.165, 1.54) is 0 Å². The number of benzene rings is 2. The fraction of sp³-hybridized carbons (Fsp3) is 0.0556. The first-order valence-electron chi connectivity index (χ1n) is 7.79. The Morgan fingerprint density at radius 3 is 2.54 bits per heavy atom. The van der Waals surface area contributed by atoms with Crippen LogP contribution in [0.1, 0.15) is 11.1 Å². The molecule has 26 heavy (non-hydrogen) atoms. The Balaban J connectivity index is 1.60. The predicted molar refractivity (Wildman–Crippen MR) is 98.3 cm³/mol. The average molecular weight is 406 g/mol. The molecule has 0 radical (unpaired) electrons. The largest absolute Gasteiger partial charge is 0.240 e. The topological polar surface area (TPSA) is 85.2 Å². The van der Waals surface area contributed by atoms with E-state index in [0.29, 0.717) is 17.9 Å². The van der Waals surface area contributed by atoms with E-state index in [1.54, 1.807) is 27.7 Å². The van der Waals surface area contributed by atoms with Crippen LogP contribution >= 0.6 is 15.9 Å². The highest BCUT2D eigenvalue weighted by atomic mass is 79.9. The smallest absolute Gasteiger partial charge is 0.185 e. The van der Waals surface area contributed by atoms with Crippen LogP contribution in [-0.4, -0.2) is 30.0 Å². The van der Waals surface area contributed by atoms with Gasteiger partial charge in [-0.2, -0.15) is 10.4 Å². The summed E-state index contributed by atoms with van der Waals surface area (Å²) in [6.45, 7) is 0.511. The minimum atomic E-state index is 0.511. The standard InChI is InChI=1S/C18H12BrN7/c19-16-5-7-17(8-6-16)25-12-15(10-21-25)18-22-23-24-26(18)11-14-3-1-13(9-20)2-4-14/h1-8,10,12H,11H2. The minimum absolute atomic E-state index is 0.511. The molecule has 8 heteroatoms. The quantitative estimate of drug-likeness (QED) is 0.520. The van der Waals surface area contributed by atoms with Crippen molar-refractivity contribution in [2.24, 2.45) is 0 Å². The van der Waals surface area contributed by atoms with Gasteiger partial charge in [0.25, 0.3) is 0 Å². The SMILES string of the molecule is N#Cc1ccc(Cn2nnnc2-c2cnn(-c3ccc(Br)cc3)c2)cc1. The first-order chi connectivity index (χ1) is 12.7. The molecule has 4 rings (SSSR count). The first-order valence-corrected chi connectivity index (χ1v) is 8.58. The van der Waals surface area contributed by atoms with E-state index in [9.17, 15) is 0 Å². The maximum absolute atomic E-state index is 8.89. The predicted octanol–water partition coefficient (Wildman–Crippen LogP) is 3.21. The molecular formula is C18H12BrN7. The average Bonchev–Trinajstić information content (AvgIpc) is 3.32. The molecule has 0 atom stereocenters. The van der Waals surface area contributed by atoms with Crippen LogP contribution in [0.4, 0.5) is 0 Å². The van der Waals surface area contributed by atoms with Crippen molar-refractivity contribution in [3.63, 3.8) is 0 Å². The minimum Gasteiger partial charge on any atom is -0.240 e. The van der Waals surface area contributed by atoms with E-state index in [0.717, 1.165) is 21.3 Å². The lowest BCUT2D eigenvalue weighted by Crippen LogP contribution is -2.04.